The van der Waals surface area contributed by atoms with Crippen LogP contribution in [0.2, 0.25) is 0 Å². The van der Waals surface area contributed by atoms with E-state index in [4.69, 9.17) is 0 Å². The Morgan fingerprint density at radius 3 is 2.82 bits per heavy atom. The molecule has 0 aromatic rings. The lowest BCUT2D eigenvalue weighted by atomic mass is 9.92. The summed E-state index contributed by atoms with van der Waals surface area (Å²) in [6.07, 6.45) is 1.41. The summed E-state index contributed by atoms with van der Waals surface area (Å²) in [5.74, 6) is 1.10. The smallest absolute Gasteiger partial charge is 0.244 e. The topological polar surface area (TPSA) is 61.4 Å². The zero-order valence-electron chi connectivity index (χ0n) is 10.1. The standard InChI is InChI=1S/C12H19N3O2/c1-2-9-8-5-13-4-7(8)6-15(9)10-3-11(16)14-12(10)17/h7-10,13H,2-6H2,1H3,(H,14,16,17). The number of amides is 2. The van der Waals surface area contributed by atoms with Crippen molar-refractivity contribution in [2.24, 2.45) is 11.8 Å². The number of fused-ring (bicyclic) bond motifs is 1. The maximum Gasteiger partial charge on any atom is 0.244 e. The molecule has 5 heteroatoms. The quantitative estimate of drug-likeness (QED) is 0.625. The molecular formula is C12H19N3O2. The van der Waals surface area contributed by atoms with E-state index >= 15 is 0 Å². The second kappa shape index (κ2) is 4.07. The SMILES string of the molecule is CCC1C2CNCC2CN1C1CC(=O)NC1=O. The van der Waals surface area contributed by atoms with Gasteiger partial charge in [-0.1, -0.05) is 6.92 Å². The Bertz CT molecular complexity index is 358. The third kappa shape index (κ3) is 1.68. The van der Waals surface area contributed by atoms with Gasteiger partial charge < -0.3 is 5.32 Å². The van der Waals surface area contributed by atoms with Crippen molar-refractivity contribution in [2.75, 3.05) is 19.6 Å². The van der Waals surface area contributed by atoms with Gasteiger partial charge in [-0.05, 0) is 31.3 Å². The van der Waals surface area contributed by atoms with Crippen molar-refractivity contribution in [1.82, 2.24) is 15.5 Å². The van der Waals surface area contributed by atoms with Crippen LogP contribution in [0.3, 0.4) is 0 Å². The highest BCUT2D eigenvalue weighted by atomic mass is 16.2. The Morgan fingerprint density at radius 2 is 2.18 bits per heavy atom. The van der Waals surface area contributed by atoms with Crippen molar-refractivity contribution in [1.29, 1.82) is 0 Å². The molecule has 0 spiro atoms. The number of hydrogen-bond acceptors (Lipinski definition) is 4. The van der Waals surface area contributed by atoms with E-state index in [1.807, 2.05) is 0 Å². The first kappa shape index (κ1) is 11.2. The average Bonchev–Trinajstić information content (AvgIpc) is 2.91. The van der Waals surface area contributed by atoms with Crippen LogP contribution in [0.25, 0.3) is 0 Å². The van der Waals surface area contributed by atoms with Crippen LogP contribution < -0.4 is 10.6 Å². The maximum atomic E-state index is 11.8. The first-order valence-corrected chi connectivity index (χ1v) is 6.51. The molecule has 3 saturated heterocycles. The van der Waals surface area contributed by atoms with Crippen LogP contribution in [0.4, 0.5) is 0 Å². The van der Waals surface area contributed by atoms with E-state index in [1.165, 1.54) is 0 Å². The number of carbonyl (C=O) groups is 2. The summed E-state index contributed by atoms with van der Waals surface area (Å²) in [6, 6.07) is 0.245. The van der Waals surface area contributed by atoms with Crippen molar-refractivity contribution in [2.45, 2.75) is 31.8 Å². The molecule has 4 unspecified atom stereocenters. The molecule has 0 saturated carbocycles. The third-order valence-electron chi connectivity index (χ3n) is 4.52. The minimum absolute atomic E-state index is 0.0959. The largest absolute Gasteiger partial charge is 0.316 e. The molecule has 17 heavy (non-hydrogen) atoms. The van der Waals surface area contributed by atoms with E-state index in [2.05, 4.69) is 22.5 Å². The van der Waals surface area contributed by atoms with Gasteiger partial charge >= 0.3 is 0 Å². The molecule has 3 heterocycles. The van der Waals surface area contributed by atoms with Crippen LogP contribution in [-0.4, -0.2) is 48.4 Å². The molecule has 2 N–H and O–H groups in total. The number of imide groups is 1. The lowest BCUT2D eigenvalue weighted by molar-refractivity contribution is -0.126. The van der Waals surface area contributed by atoms with Crippen molar-refractivity contribution < 1.29 is 9.59 Å². The molecule has 3 aliphatic rings. The summed E-state index contributed by atoms with van der Waals surface area (Å²) < 4.78 is 0. The molecule has 2 amide bonds. The monoisotopic (exact) mass is 237 g/mol. The van der Waals surface area contributed by atoms with Gasteiger partial charge in [0, 0.05) is 12.6 Å². The average molecular weight is 237 g/mol. The highest BCUT2D eigenvalue weighted by molar-refractivity contribution is 6.05. The molecule has 0 aromatic carbocycles. The number of carbonyl (C=O) groups excluding carboxylic acids is 2. The van der Waals surface area contributed by atoms with Gasteiger partial charge in [-0.3, -0.25) is 19.8 Å². The van der Waals surface area contributed by atoms with Gasteiger partial charge in [0.15, 0.2) is 0 Å². The predicted octanol–water partition coefficient (Wildman–Crippen LogP) is -0.669. The lowest BCUT2D eigenvalue weighted by Gasteiger charge is -2.30. The van der Waals surface area contributed by atoms with Crippen molar-refractivity contribution >= 4 is 11.8 Å². The zero-order chi connectivity index (χ0) is 12.0. The van der Waals surface area contributed by atoms with Crippen molar-refractivity contribution in [3.8, 4) is 0 Å². The van der Waals surface area contributed by atoms with Crippen LogP contribution in [0.1, 0.15) is 19.8 Å². The van der Waals surface area contributed by atoms with Crippen LogP contribution in [0.5, 0.6) is 0 Å². The molecule has 0 aliphatic carbocycles. The summed E-state index contributed by atoms with van der Waals surface area (Å²) in [6.45, 7) is 5.25. The third-order valence-corrected chi connectivity index (χ3v) is 4.52. The first-order chi connectivity index (χ1) is 8.20. The Balaban J connectivity index is 1.79. The van der Waals surface area contributed by atoms with E-state index < -0.39 is 0 Å². The van der Waals surface area contributed by atoms with Crippen LogP contribution >= 0.6 is 0 Å². The minimum Gasteiger partial charge on any atom is -0.316 e. The molecule has 3 fully saturated rings. The van der Waals surface area contributed by atoms with E-state index in [1.54, 1.807) is 0 Å². The zero-order valence-corrected chi connectivity index (χ0v) is 10.1. The van der Waals surface area contributed by atoms with E-state index in [0.717, 1.165) is 26.1 Å². The summed E-state index contributed by atoms with van der Waals surface area (Å²) in [5.41, 5.74) is 0. The Hall–Kier alpha value is -0.940. The number of nitrogens with one attached hydrogen (secondary N) is 2. The molecule has 3 rings (SSSR count). The fourth-order valence-corrected chi connectivity index (χ4v) is 3.76. The van der Waals surface area contributed by atoms with Crippen LogP contribution in [-0.2, 0) is 9.59 Å². The normalized spacial score (nSPS) is 41.9. The van der Waals surface area contributed by atoms with Gasteiger partial charge in [-0.25, -0.2) is 0 Å². The molecule has 3 aliphatic heterocycles. The van der Waals surface area contributed by atoms with Crippen LogP contribution in [0.15, 0.2) is 0 Å². The molecule has 5 nitrogen and oxygen atoms in total. The van der Waals surface area contributed by atoms with Gasteiger partial charge in [0.25, 0.3) is 0 Å². The van der Waals surface area contributed by atoms with Gasteiger partial charge in [-0.15, -0.1) is 0 Å². The second-order valence-electron chi connectivity index (χ2n) is 5.39. The molecule has 4 atom stereocenters. The van der Waals surface area contributed by atoms with Crippen molar-refractivity contribution in [3.63, 3.8) is 0 Å². The van der Waals surface area contributed by atoms with Gasteiger partial charge in [0.05, 0.1) is 12.5 Å². The van der Waals surface area contributed by atoms with Crippen molar-refractivity contribution in [3.05, 3.63) is 0 Å². The van der Waals surface area contributed by atoms with E-state index in [9.17, 15) is 9.59 Å². The summed E-state index contributed by atoms with van der Waals surface area (Å²) in [5, 5.41) is 5.84. The Morgan fingerprint density at radius 1 is 1.35 bits per heavy atom. The van der Waals surface area contributed by atoms with E-state index in [0.29, 0.717) is 24.3 Å². The second-order valence-corrected chi connectivity index (χ2v) is 5.39. The molecule has 0 bridgehead atoms. The highest BCUT2D eigenvalue weighted by Crippen LogP contribution is 2.36. The van der Waals surface area contributed by atoms with Gasteiger partial charge in [-0.2, -0.15) is 0 Å². The fourth-order valence-electron chi connectivity index (χ4n) is 3.76. The molecule has 0 aromatic heterocycles. The lowest BCUT2D eigenvalue weighted by Crippen LogP contribution is -2.45. The number of likely N-dealkylation sites (tertiary alicyclic amines) is 1. The Labute approximate surface area is 101 Å². The molecular weight excluding hydrogens is 218 g/mol. The minimum atomic E-state index is -0.210. The number of rotatable bonds is 2. The number of nitrogens with zero attached hydrogens (tertiary/aromatic N) is 1. The van der Waals surface area contributed by atoms with Crippen LogP contribution in [0, 0.1) is 11.8 Å². The predicted molar refractivity (Wildman–Crippen MR) is 62.2 cm³/mol. The van der Waals surface area contributed by atoms with Gasteiger partial charge in [0.2, 0.25) is 11.8 Å². The summed E-state index contributed by atoms with van der Waals surface area (Å²) in [4.78, 5) is 25.3. The summed E-state index contributed by atoms with van der Waals surface area (Å²) in [7, 11) is 0. The molecule has 0 radical (unpaired) electrons. The number of hydrogen-bond donors (Lipinski definition) is 2. The van der Waals surface area contributed by atoms with Gasteiger partial charge in [0.1, 0.15) is 0 Å². The summed E-state index contributed by atoms with van der Waals surface area (Å²) >= 11 is 0. The highest BCUT2D eigenvalue weighted by Gasteiger charge is 2.48. The Kier molecular flexibility index (Phi) is 2.67. The first-order valence-electron chi connectivity index (χ1n) is 6.51. The van der Waals surface area contributed by atoms with E-state index in [-0.39, 0.29) is 17.9 Å². The molecule has 94 valence electrons. The fraction of sp³-hybridized carbons (Fsp3) is 0.833. The maximum absolute atomic E-state index is 11.8.